The molecule has 0 aromatic heterocycles. The molecule has 0 saturated heterocycles. The number of nitrogens with zero attached hydrogens (tertiary/aromatic N) is 1. The van der Waals surface area contributed by atoms with E-state index in [0.717, 1.165) is 10.2 Å². The average Bonchev–Trinajstić information content (AvgIpc) is 2.35. The van der Waals surface area contributed by atoms with E-state index in [1.807, 2.05) is 38.1 Å². The van der Waals surface area contributed by atoms with Gasteiger partial charge >= 0.3 is 0 Å². The van der Waals surface area contributed by atoms with Crippen molar-refractivity contribution in [3.8, 4) is 0 Å². The van der Waals surface area contributed by atoms with Crippen LogP contribution in [0, 0.1) is 5.92 Å². The van der Waals surface area contributed by atoms with Gasteiger partial charge in [-0.05, 0) is 28.1 Å². The van der Waals surface area contributed by atoms with Crippen LogP contribution >= 0.6 is 15.9 Å². The summed E-state index contributed by atoms with van der Waals surface area (Å²) in [4.78, 5) is 24.8. The second kappa shape index (κ2) is 7.28. The highest BCUT2D eigenvalue weighted by Gasteiger charge is 2.14. The minimum absolute atomic E-state index is 0.00405. The summed E-state index contributed by atoms with van der Waals surface area (Å²) in [6, 6.07) is 7.53. The Hall–Kier alpha value is -1.36. The standard InChI is InChI=1S/C14H19BrN2O2/c1-10(2)14(19)16-8-9-17(11(3)18)13-7-5-4-6-12(13)15/h4-7,10H,8-9H2,1-3H3,(H,16,19). The number of para-hydroxylation sites is 1. The third-order valence-corrected chi connectivity index (χ3v) is 3.35. The van der Waals surface area contributed by atoms with Crippen molar-refractivity contribution in [3.63, 3.8) is 0 Å². The van der Waals surface area contributed by atoms with Gasteiger partial charge in [-0.15, -0.1) is 0 Å². The summed E-state index contributed by atoms with van der Waals surface area (Å²) >= 11 is 3.43. The summed E-state index contributed by atoms with van der Waals surface area (Å²) in [5.41, 5.74) is 0.814. The Morgan fingerprint density at radius 1 is 1.32 bits per heavy atom. The van der Waals surface area contributed by atoms with Gasteiger partial charge in [-0.25, -0.2) is 0 Å². The minimum atomic E-state index is -0.0503. The van der Waals surface area contributed by atoms with Crippen LogP contribution in [0.2, 0.25) is 0 Å². The van der Waals surface area contributed by atoms with Gasteiger partial charge in [-0.3, -0.25) is 9.59 Å². The molecule has 0 aliphatic heterocycles. The molecule has 1 aromatic rings. The Morgan fingerprint density at radius 3 is 2.47 bits per heavy atom. The lowest BCUT2D eigenvalue weighted by Gasteiger charge is -2.22. The normalized spacial score (nSPS) is 10.4. The number of anilines is 1. The smallest absolute Gasteiger partial charge is 0.223 e. The molecule has 0 atom stereocenters. The number of carbonyl (C=O) groups excluding carboxylic acids is 2. The van der Waals surface area contributed by atoms with Gasteiger partial charge in [0.05, 0.1) is 5.69 Å². The van der Waals surface area contributed by atoms with Crippen LogP contribution in [0.15, 0.2) is 28.7 Å². The lowest BCUT2D eigenvalue weighted by molar-refractivity contribution is -0.124. The topological polar surface area (TPSA) is 49.4 Å². The van der Waals surface area contributed by atoms with E-state index in [-0.39, 0.29) is 17.7 Å². The van der Waals surface area contributed by atoms with Crippen LogP contribution in [0.4, 0.5) is 5.69 Å². The maximum atomic E-state index is 11.7. The molecule has 0 radical (unpaired) electrons. The monoisotopic (exact) mass is 326 g/mol. The van der Waals surface area contributed by atoms with Crippen molar-refractivity contribution in [2.75, 3.05) is 18.0 Å². The fourth-order valence-electron chi connectivity index (χ4n) is 1.61. The van der Waals surface area contributed by atoms with E-state index in [9.17, 15) is 9.59 Å². The summed E-state index contributed by atoms with van der Waals surface area (Å²) in [6.07, 6.45) is 0. The molecule has 19 heavy (non-hydrogen) atoms. The molecule has 5 heteroatoms. The number of amides is 2. The predicted octanol–water partition coefficient (Wildman–Crippen LogP) is 2.57. The lowest BCUT2D eigenvalue weighted by atomic mass is 10.2. The molecule has 0 saturated carbocycles. The first kappa shape index (κ1) is 15.7. The molecule has 0 fully saturated rings. The molecule has 0 heterocycles. The molecule has 0 unspecified atom stereocenters. The highest BCUT2D eigenvalue weighted by Crippen LogP contribution is 2.25. The molecule has 4 nitrogen and oxygen atoms in total. The quantitative estimate of drug-likeness (QED) is 0.904. The maximum absolute atomic E-state index is 11.7. The summed E-state index contributed by atoms with van der Waals surface area (Å²) < 4.78 is 0.861. The van der Waals surface area contributed by atoms with E-state index in [2.05, 4.69) is 21.2 Å². The van der Waals surface area contributed by atoms with Gasteiger partial charge in [-0.1, -0.05) is 26.0 Å². The number of rotatable bonds is 5. The predicted molar refractivity (Wildman–Crippen MR) is 80.0 cm³/mol. The molecule has 0 spiro atoms. The van der Waals surface area contributed by atoms with Crippen molar-refractivity contribution in [1.29, 1.82) is 0 Å². The summed E-state index contributed by atoms with van der Waals surface area (Å²) in [6.45, 7) is 6.09. The zero-order valence-corrected chi connectivity index (χ0v) is 13.0. The molecule has 0 aliphatic rings. The Bertz CT molecular complexity index is 461. The van der Waals surface area contributed by atoms with Crippen molar-refractivity contribution in [2.24, 2.45) is 5.92 Å². The zero-order chi connectivity index (χ0) is 14.4. The molecule has 104 valence electrons. The Kier molecular flexibility index (Phi) is 6.02. The van der Waals surface area contributed by atoms with Crippen molar-refractivity contribution >= 4 is 33.4 Å². The summed E-state index contributed by atoms with van der Waals surface area (Å²) in [5, 5.41) is 2.81. The number of hydrogen-bond donors (Lipinski definition) is 1. The number of benzene rings is 1. The zero-order valence-electron chi connectivity index (χ0n) is 11.4. The number of nitrogens with one attached hydrogen (secondary N) is 1. The van der Waals surface area contributed by atoms with Crippen LogP contribution in [0.5, 0.6) is 0 Å². The molecular formula is C14H19BrN2O2. The second-order valence-electron chi connectivity index (χ2n) is 4.57. The molecule has 1 aromatic carbocycles. The van der Waals surface area contributed by atoms with E-state index < -0.39 is 0 Å². The third kappa shape index (κ3) is 4.67. The lowest BCUT2D eigenvalue weighted by Crippen LogP contribution is -2.38. The molecule has 1 N–H and O–H groups in total. The third-order valence-electron chi connectivity index (χ3n) is 2.68. The van der Waals surface area contributed by atoms with Crippen LogP contribution in [-0.2, 0) is 9.59 Å². The Labute approximate surface area is 122 Å². The van der Waals surface area contributed by atoms with Gasteiger partial charge in [0.2, 0.25) is 11.8 Å². The van der Waals surface area contributed by atoms with E-state index in [4.69, 9.17) is 0 Å². The summed E-state index contributed by atoms with van der Waals surface area (Å²) in [7, 11) is 0. The maximum Gasteiger partial charge on any atom is 0.223 e. The fraction of sp³-hybridized carbons (Fsp3) is 0.429. The Morgan fingerprint density at radius 2 is 1.95 bits per heavy atom. The van der Waals surface area contributed by atoms with Gasteiger partial charge in [0.1, 0.15) is 0 Å². The van der Waals surface area contributed by atoms with Crippen LogP contribution in [-0.4, -0.2) is 24.9 Å². The highest BCUT2D eigenvalue weighted by molar-refractivity contribution is 9.10. The Balaban J connectivity index is 2.68. The first-order valence-corrected chi connectivity index (χ1v) is 7.03. The van der Waals surface area contributed by atoms with Crippen molar-refractivity contribution < 1.29 is 9.59 Å². The SMILES string of the molecule is CC(=O)N(CCNC(=O)C(C)C)c1ccccc1Br. The molecule has 0 aliphatic carbocycles. The first-order valence-electron chi connectivity index (χ1n) is 6.23. The fourth-order valence-corrected chi connectivity index (χ4v) is 2.11. The average molecular weight is 327 g/mol. The van der Waals surface area contributed by atoms with Crippen LogP contribution < -0.4 is 10.2 Å². The van der Waals surface area contributed by atoms with Crippen molar-refractivity contribution in [2.45, 2.75) is 20.8 Å². The van der Waals surface area contributed by atoms with Gasteiger partial charge in [-0.2, -0.15) is 0 Å². The van der Waals surface area contributed by atoms with Crippen molar-refractivity contribution in [1.82, 2.24) is 5.32 Å². The largest absolute Gasteiger partial charge is 0.354 e. The number of carbonyl (C=O) groups is 2. The van der Waals surface area contributed by atoms with Gasteiger partial charge in [0.25, 0.3) is 0 Å². The first-order chi connectivity index (χ1) is 8.93. The van der Waals surface area contributed by atoms with E-state index in [0.29, 0.717) is 13.1 Å². The van der Waals surface area contributed by atoms with Crippen LogP contribution in [0.25, 0.3) is 0 Å². The molecule has 2 amide bonds. The molecular weight excluding hydrogens is 308 g/mol. The van der Waals surface area contributed by atoms with E-state index in [1.54, 1.807) is 4.90 Å². The molecule has 0 bridgehead atoms. The number of halogens is 1. The van der Waals surface area contributed by atoms with E-state index in [1.165, 1.54) is 6.92 Å². The number of hydrogen-bond acceptors (Lipinski definition) is 2. The van der Waals surface area contributed by atoms with Crippen molar-refractivity contribution in [3.05, 3.63) is 28.7 Å². The molecule has 1 rings (SSSR count). The second-order valence-corrected chi connectivity index (χ2v) is 5.42. The van der Waals surface area contributed by atoms with E-state index >= 15 is 0 Å². The summed E-state index contributed by atoms with van der Waals surface area (Å²) in [5.74, 6) is -0.101. The van der Waals surface area contributed by atoms with Crippen LogP contribution in [0.1, 0.15) is 20.8 Å². The van der Waals surface area contributed by atoms with Gasteiger partial charge in [0, 0.05) is 30.4 Å². The highest BCUT2D eigenvalue weighted by atomic mass is 79.9. The van der Waals surface area contributed by atoms with Crippen LogP contribution in [0.3, 0.4) is 0 Å². The van der Waals surface area contributed by atoms with Gasteiger partial charge < -0.3 is 10.2 Å². The minimum Gasteiger partial charge on any atom is -0.354 e. The van der Waals surface area contributed by atoms with Gasteiger partial charge in [0.15, 0.2) is 0 Å².